The molecule has 3 rings (SSSR count). The number of hydrogen-bond donors (Lipinski definition) is 1. The predicted octanol–water partition coefficient (Wildman–Crippen LogP) is 3.78. The van der Waals surface area contributed by atoms with Gasteiger partial charge in [0.25, 0.3) is 11.1 Å². The van der Waals surface area contributed by atoms with E-state index in [4.69, 9.17) is 9.84 Å². The summed E-state index contributed by atoms with van der Waals surface area (Å²) < 4.78 is 5.71. The minimum Gasteiger partial charge on any atom is -0.489 e. The highest BCUT2D eigenvalue weighted by molar-refractivity contribution is 8.18. The van der Waals surface area contributed by atoms with Crippen molar-refractivity contribution in [1.29, 1.82) is 0 Å². The van der Waals surface area contributed by atoms with Crippen molar-refractivity contribution < 1.29 is 24.2 Å². The number of ether oxygens (including phenoxy) is 1. The second kappa shape index (κ2) is 8.09. The number of carbonyl (C=O) groups is 3. The van der Waals surface area contributed by atoms with Gasteiger partial charge < -0.3 is 9.84 Å². The quantitative estimate of drug-likeness (QED) is 0.765. The van der Waals surface area contributed by atoms with Gasteiger partial charge >= 0.3 is 5.97 Å². The van der Waals surface area contributed by atoms with Crippen molar-refractivity contribution in [3.63, 3.8) is 0 Å². The van der Waals surface area contributed by atoms with Crippen molar-refractivity contribution in [3.8, 4) is 5.75 Å². The highest BCUT2D eigenvalue weighted by atomic mass is 32.2. The number of rotatable bonds is 6. The zero-order valence-corrected chi connectivity index (χ0v) is 15.3. The zero-order valence-electron chi connectivity index (χ0n) is 14.5. The number of thioether (sulfide) groups is 1. The number of nitrogens with zero attached hydrogens (tertiary/aromatic N) is 1. The number of imide groups is 1. The summed E-state index contributed by atoms with van der Waals surface area (Å²) in [6.45, 7) is 1.76. The highest BCUT2D eigenvalue weighted by Gasteiger charge is 2.40. The topological polar surface area (TPSA) is 83.9 Å². The van der Waals surface area contributed by atoms with Gasteiger partial charge in [0.15, 0.2) is 0 Å². The first-order valence-electron chi connectivity index (χ1n) is 8.22. The number of carbonyl (C=O) groups excluding carboxylic acids is 2. The van der Waals surface area contributed by atoms with Gasteiger partial charge in [0, 0.05) is 0 Å². The molecule has 1 N–H and O–H groups in total. The summed E-state index contributed by atoms with van der Waals surface area (Å²) in [6, 6.07) is 15.7. The maximum Gasteiger partial charge on any atom is 0.326 e. The summed E-state index contributed by atoms with van der Waals surface area (Å²) in [5.74, 6) is -1.13. The van der Waals surface area contributed by atoms with E-state index < -0.39 is 23.2 Å². The van der Waals surface area contributed by atoms with Crippen molar-refractivity contribution in [2.24, 2.45) is 0 Å². The van der Waals surface area contributed by atoms with E-state index in [1.54, 1.807) is 30.3 Å². The number of aliphatic carboxylic acids is 1. The molecule has 1 aliphatic rings. The average Bonchev–Trinajstić information content (AvgIpc) is 2.94. The van der Waals surface area contributed by atoms with Crippen molar-refractivity contribution in [3.05, 3.63) is 70.6 Å². The summed E-state index contributed by atoms with van der Waals surface area (Å²) in [4.78, 5) is 36.3. The SMILES string of the molecule is C[C@H](C(=O)O)N1C(=O)S/C(=C\c2ccc(OCc3ccccc3)cc2)C1=O. The van der Waals surface area contributed by atoms with Gasteiger partial charge in [-0.15, -0.1) is 0 Å². The van der Waals surface area contributed by atoms with Gasteiger partial charge in [-0.25, -0.2) is 4.79 Å². The summed E-state index contributed by atoms with van der Waals surface area (Å²) in [6.07, 6.45) is 1.57. The molecule has 1 saturated heterocycles. The van der Waals surface area contributed by atoms with E-state index in [2.05, 4.69) is 0 Å². The molecule has 7 heteroatoms. The largest absolute Gasteiger partial charge is 0.489 e. The molecule has 1 atom stereocenters. The van der Waals surface area contributed by atoms with E-state index in [0.717, 1.165) is 27.8 Å². The first-order valence-corrected chi connectivity index (χ1v) is 9.04. The van der Waals surface area contributed by atoms with Crippen molar-refractivity contribution in [1.82, 2.24) is 4.90 Å². The maximum absolute atomic E-state index is 12.3. The fraction of sp³-hybridized carbons (Fsp3) is 0.150. The summed E-state index contributed by atoms with van der Waals surface area (Å²) in [7, 11) is 0. The molecule has 0 bridgehead atoms. The Hall–Kier alpha value is -3.06. The fourth-order valence-electron chi connectivity index (χ4n) is 2.48. The number of amides is 2. The summed E-state index contributed by atoms with van der Waals surface area (Å²) in [5, 5.41) is 8.45. The van der Waals surface area contributed by atoms with Crippen LogP contribution in [-0.2, 0) is 16.2 Å². The molecule has 0 aliphatic carbocycles. The van der Waals surface area contributed by atoms with Crippen LogP contribution in [0.5, 0.6) is 5.75 Å². The van der Waals surface area contributed by atoms with Gasteiger partial charge in [-0.3, -0.25) is 14.5 Å². The minimum atomic E-state index is -1.22. The lowest BCUT2D eigenvalue weighted by molar-refractivity contribution is -0.145. The van der Waals surface area contributed by atoms with Crippen LogP contribution in [0.25, 0.3) is 6.08 Å². The van der Waals surface area contributed by atoms with Gasteiger partial charge in [0.1, 0.15) is 18.4 Å². The van der Waals surface area contributed by atoms with Crippen LogP contribution >= 0.6 is 11.8 Å². The minimum absolute atomic E-state index is 0.200. The predicted molar refractivity (Wildman–Crippen MR) is 102 cm³/mol. The van der Waals surface area contributed by atoms with Crippen LogP contribution < -0.4 is 4.74 Å². The van der Waals surface area contributed by atoms with Crippen LogP contribution in [0.1, 0.15) is 18.1 Å². The van der Waals surface area contributed by atoms with E-state index in [0.29, 0.717) is 12.4 Å². The molecule has 1 fully saturated rings. The number of benzene rings is 2. The van der Waals surface area contributed by atoms with E-state index >= 15 is 0 Å². The molecule has 2 aromatic carbocycles. The van der Waals surface area contributed by atoms with Crippen molar-refractivity contribution in [2.45, 2.75) is 19.6 Å². The lowest BCUT2D eigenvalue weighted by atomic mass is 10.2. The van der Waals surface area contributed by atoms with Crippen molar-refractivity contribution >= 4 is 35.0 Å². The molecule has 27 heavy (non-hydrogen) atoms. The Balaban J connectivity index is 1.68. The normalized spacial score (nSPS) is 16.6. The van der Waals surface area contributed by atoms with Crippen LogP contribution in [0, 0.1) is 0 Å². The Labute approximate surface area is 160 Å². The number of carboxylic acid groups (broad SMARTS) is 1. The van der Waals surface area contributed by atoms with Crippen LogP contribution in [0.3, 0.4) is 0 Å². The van der Waals surface area contributed by atoms with Crippen LogP contribution in [0.4, 0.5) is 4.79 Å². The van der Waals surface area contributed by atoms with E-state index in [1.807, 2.05) is 30.3 Å². The fourth-order valence-corrected chi connectivity index (χ4v) is 3.38. The first kappa shape index (κ1) is 18.7. The molecule has 2 aromatic rings. The van der Waals surface area contributed by atoms with Crippen LogP contribution in [0.2, 0.25) is 0 Å². The lowest BCUT2D eigenvalue weighted by Crippen LogP contribution is -2.41. The highest BCUT2D eigenvalue weighted by Crippen LogP contribution is 2.33. The molecule has 6 nitrogen and oxygen atoms in total. The van der Waals surface area contributed by atoms with Gasteiger partial charge in [0.2, 0.25) is 0 Å². The smallest absolute Gasteiger partial charge is 0.326 e. The molecule has 0 saturated carbocycles. The molecule has 0 radical (unpaired) electrons. The third kappa shape index (κ3) is 4.38. The van der Waals surface area contributed by atoms with E-state index in [1.165, 1.54) is 6.92 Å². The van der Waals surface area contributed by atoms with Crippen LogP contribution in [0.15, 0.2) is 59.5 Å². The Morgan fingerprint density at radius 3 is 2.44 bits per heavy atom. The van der Waals surface area contributed by atoms with E-state index in [9.17, 15) is 14.4 Å². The molecule has 138 valence electrons. The first-order chi connectivity index (χ1) is 13.0. The van der Waals surface area contributed by atoms with Gasteiger partial charge in [-0.2, -0.15) is 0 Å². The van der Waals surface area contributed by atoms with Crippen molar-refractivity contribution in [2.75, 3.05) is 0 Å². The standard InChI is InChI=1S/C20H17NO5S/c1-13(19(23)24)21-18(22)17(27-20(21)25)11-14-7-9-16(10-8-14)26-12-15-5-3-2-4-6-15/h2-11,13H,12H2,1H3,(H,23,24)/b17-11-/t13-/m1/s1. The average molecular weight is 383 g/mol. The second-order valence-electron chi connectivity index (χ2n) is 5.91. The third-order valence-corrected chi connectivity index (χ3v) is 4.88. The molecular weight excluding hydrogens is 366 g/mol. The summed E-state index contributed by atoms with van der Waals surface area (Å²) in [5.41, 5.74) is 1.78. The molecule has 0 unspecified atom stereocenters. The summed E-state index contributed by atoms with van der Waals surface area (Å²) >= 11 is 0.738. The molecule has 1 heterocycles. The Kier molecular flexibility index (Phi) is 5.61. The lowest BCUT2D eigenvalue weighted by Gasteiger charge is -2.16. The Morgan fingerprint density at radius 1 is 1.15 bits per heavy atom. The monoisotopic (exact) mass is 383 g/mol. The Morgan fingerprint density at radius 2 is 1.81 bits per heavy atom. The zero-order chi connectivity index (χ0) is 19.4. The molecule has 0 aromatic heterocycles. The molecule has 0 spiro atoms. The molecular formula is C20H17NO5S. The van der Waals surface area contributed by atoms with Gasteiger partial charge in [-0.05, 0) is 48.0 Å². The molecule has 2 amide bonds. The van der Waals surface area contributed by atoms with E-state index in [-0.39, 0.29) is 4.91 Å². The third-order valence-electron chi connectivity index (χ3n) is 3.99. The Bertz CT molecular complexity index is 892. The van der Waals surface area contributed by atoms with Crippen LogP contribution in [-0.4, -0.2) is 33.2 Å². The second-order valence-corrected chi connectivity index (χ2v) is 6.90. The van der Waals surface area contributed by atoms with Gasteiger partial charge in [0.05, 0.1) is 4.91 Å². The number of carboxylic acids is 1. The van der Waals surface area contributed by atoms with Gasteiger partial charge in [-0.1, -0.05) is 42.5 Å². The molecule has 1 aliphatic heterocycles. The maximum atomic E-state index is 12.3. The number of hydrogen-bond acceptors (Lipinski definition) is 5.